The van der Waals surface area contributed by atoms with Crippen LogP contribution < -0.4 is 4.74 Å². The Labute approximate surface area is 198 Å². The Bertz CT molecular complexity index is 1120. The number of carbonyl (C=O) groups is 1. The second kappa shape index (κ2) is 9.20. The molecule has 2 aromatic carbocycles. The zero-order valence-electron chi connectivity index (χ0n) is 18.5. The van der Waals surface area contributed by atoms with Crippen LogP contribution in [0, 0.1) is 0 Å². The summed E-state index contributed by atoms with van der Waals surface area (Å²) in [5, 5.41) is 1.18. The smallest absolute Gasteiger partial charge is 0.410 e. The van der Waals surface area contributed by atoms with Gasteiger partial charge in [0.1, 0.15) is 12.2 Å². The van der Waals surface area contributed by atoms with Gasteiger partial charge in [0.25, 0.3) is 6.01 Å². The standard InChI is InChI=1S/C24H27Cl2N3O3/c1-24(2,3)32-23(30)28-12-6-7-18(28)15-31-22-27-20-8-4-5-9-21(20)29(22)14-16-10-11-17(25)13-19(16)26/h4-5,8-11,13,18H,6-7,12,14-15H2,1-3H3. The maximum atomic E-state index is 12.6. The Morgan fingerprint density at radius 1 is 1.19 bits per heavy atom. The highest BCUT2D eigenvalue weighted by Gasteiger charge is 2.33. The number of nitrogens with zero attached hydrogens (tertiary/aromatic N) is 3. The van der Waals surface area contributed by atoms with Crippen molar-refractivity contribution in [1.82, 2.24) is 14.5 Å². The van der Waals surface area contributed by atoms with E-state index in [0.29, 0.717) is 35.8 Å². The van der Waals surface area contributed by atoms with E-state index in [9.17, 15) is 4.79 Å². The second-order valence-corrected chi connectivity index (χ2v) is 9.83. The highest BCUT2D eigenvalue weighted by molar-refractivity contribution is 6.35. The molecule has 1 fully saturated rings. The molecule has 0 N–H and O–H groups in total. The first-order valence-electron chi connectivity index (χ1n) is 10.7. The summed E-state index contributed by atoms with van der Waals surface area (Å²) in [6.45, 7) is 7.12. The minimum Gasteiger partial charge on any atom is -0.462 e. The zero-order valence-corrected chi connectivity index (χ0v) is 20.0. The number of halogens is 2. The van der Waals surface area contributed by atoms with Gasteiger partial charge in [0.2, 0.25) is 0 Å². The van der Waals surface area contributed by atoms with Crippen molar-refractivity contribution in [1.29, 1.82) is 0 Å². The van der Waals surface area contributed by atoms with Gasteiger partial charge < -0.3 is 14.4 Å². The number of benzene rings is 2. The van der Waals surface area contributed by atoms with Gasteiger partial charge in [0.05, 0.1) is 23.6 Å². The summed E-state index contributed by atoms with van der Waals surface area (Å²) in [5.74, 6) is 0. The largest absolute Gasteiger partial charge is 0.462 e. The van der Waals surface area contributed by atoms with Crippen molar-refractivity contribution in [3.63, 3.8) is 0 Å². The van der Waals surface area contributed by atoms with Crippen LogP contribution in [-0.2, 0) is 11.3 Å². The average Bonchev–Trinajstić information content (AvgIpc) is 3.32. The summed E-state index contributed by atoms with van der Waals surface area (Å²) in [6.07, 6.45) is 1.48. The first kappa shape index (κ1) is 22.7. The fraction of sp³-hybridized carbons (Fsp3) is 0.417. The summed E-state index contributed by atoms with van der Waals surface area (Å²) < 4.78 is 13.7. The van der Waals surface area contributed by atoms with Crippen molar-refractivity contribution in [2.45, 2.75) is 51.8 Å². The molecule has 0 spiro atoms. The number of hydrogen-bond donors (Lipinski definition) is 0. The van der Waals surface area contributed by atoms with Crippen LogP contribution in [0.25, 0.3) is 11.0 Å². The third-order valence-electron chi connectivity index (χ3n) is 5.37. The van der Waals surface area contributed by atoms with Crippen LogP contribution in [-0.4, -0.2) is 45.3 Å². The van der Waals surface area contributed by atoms with E-state index >= 15 is 0 Å². The molecular weight excluding hydrogens is 449 g/mol. The lowest BCUT2D eigenvalue weighted by Gasteiger charge is -2.28. The van der Waals surface area contributed by atoms with Crippen molar-refractivity contribution >= 4 is 40.3 Å². The summed E-state index contributed by atoms with van der Waals surface area (Å²) in [6, 6.07) is 13.8. The fourth-order valence-electron chi connectivity index (χ4n) is 3.88. The monoisotopic (exact) mass is 475 g/mol. The quantitative estimate of drug-likeness (QED) is 0.442. The molecule has 2 heterocycles. The Kier molecular flexibility index (Phi) is 6.54. The lowest BCUT2D eigenvalue weighted by atomic mass is 10.2. The summed E-state index contributed by atoms with van der Waals surface area (Å²) in [7, 11) is 0. The number of likely N-dealkylation sites (tertiary alicyclic amines) is 1. The van der Waals surface area contributed by atoms with Crippen molar-refractivity contribution in [2.24, 2.45) is 0 Å². The van der Waals surface area contributed by atoms with Gasteiger partial charge in [0, 0.05) is 16.6 Å². The summed E-state index contributed by atoms with van der Waals surface area (Å²) in [5.41, 5.74) is 2.17. The van der Waals surface area contributed by atoms with Gasteiger partial charge in [-0.3, -0.25) is 4.57 Å². The van der Waals surface area contributed by atoms with E-state index in [1.165, 1.54) is 0 Å². The Balaban J connectivity index is 1.55. The third kappa shape index (κ3) is 5.13. The van der Waals surface area contributed by atoms with Crippen LogP contribution in [0.15, 0.2) is 42.5 Å². The average molecular weight is 476 g/mol. The predicted molar refractivity (Wildman–Crippen MR) is 127 cm³/mol. The Morgan fingerprint density at radius 2 is 1.97 bits per heavy atom. The number of imidazole rings is 1. The first-order valence-corrected chi connectivity index (χ1v) is 11.5. The zero-order chi connectivity index (χ0) is 22.9. The maximum Gasteiger partial charge on any atom is 0.410 e. The van der Waals surface area contributed by atoms with Crippen LogP contribution >= 0.6 is 23.2 Å². The second-order valence-electron chi connectivity index (χ2n) is 8.99. The first-order chi connectivity index (χ1) is 15.2. The van der Waals surface area contributed by atoms with E-state index in [4.69, 9.17) is 32.7 Å². The normalized spacial score (nSPS) is 16.5. The van der Waals surface area contributed by atoms with Crippen LogP contribution in [0.4, 0.5) is 4.79 Å². The number of amides is 1. The van der Waals surface area contributed by atoms with Crippen molar-refractivity contribution in [2.75, 3.05) is 13.2 Å². The van der Waals surface area contributed by atoms with Gasteiger partial charge in [-0.25, -0.2) is 4.79 Å². The fourth-order valence-corrected chi connectivity index (χ4v) is 4.35. The molecule has 1 saturated heterocycles. The molecule has 3 aromatic rings. The molecular formula is C24H27Cl2N3O3. The molecule has 170 valence electrons. The lowest BCUT2D eigenvalue weighted by Crippen LogP contribution is -2.42. The highest BCUT2D eigenvalue weighted by atomic mass is 35.5. The number of rotatable bonds is 5. The van der Waals surface area contributed by atoms with Crippen LogP contribution in [0.1, 0.15) is 39.2 Å². The predicted octanol–water partition coefficient (Wildman–Crippen LogP) is 6.17. The molecule has 0 radical (unpaired) electrons. The van der Waals surface area contributed by atoms with Crippen LogP contribution in [0.3, 0.4) is 0 Å². The topological polar surface area (TPSA) is 56.6 Å². The molecule has 0 saturated carbocycles. The third-order valence-corrected chi connectivity index (χ3v) is 5.96. The van der Waals surface area contributed by atoms with E-state index < -0.39 is 5.60 Å². The Hall–Kier alpha value is -2.44. The molecule has 4 rings (SSSR count). The van der Waals surface area contributed by atoms with Gasteiger partial charge in [-0.15, -0.1) is 0 Å². The summed E-state index contributed by atoms with van der Waals surface area (Å²) in [4.78, 5) is 19.0. The Morgan fingerprint density at radius 3 is 2.72 bits per heavy atom. The van der Waals surface area contributed by atoms with Crippen LogP contribution in [0.2, 0.25) is 10.0 Å². The van der Waals surface area contributed by atoms with Crippen molar-refractivity contribution in [3.8, 4) is 6.01 Å². The van der Waals surface area contributed by atoms with E-state index in [1.807, 2.05) is 61.7 Å². The minimum atomic E-state index is -0.531. The molecule has 1 unspecified atom stereocenters. The molecule has 1 amide bonds. The van der Waals surface area contributed by atoms with Crippen LogP contribution in [0.5, 0.6) is 6.01 Å². The van der Waals surface area contributed by atoms with Crippen molar-refractivity contribution in [3.05, 3.63) is 58.1 Å². The molecule has 1 atom stereocenters. The van der Waals surface area contributed by atoms with E-state index in [-0.39, 0.29) is 12.1 Å². The molecule has 1 aliphatic heterocycles. The maximum absolute atomic E-state index is 12.6. The lowest BCUT2D eigenvalue weighted by molar-refractivity contribution is 0.0183. The number of carbonyl (C=O) groups excluding carboxylic acids is 1. The molecule has 32 heavy (non-hydrogen) atoms. The van der Waals surface area contributed by atoms with E-state index in [1.54, 1.807) is 11.0 Å². The molecule has 0 bridgehead atoms. The van der Waals surface area contributed by atoms with Gasteiger partial charge in [0.15, 0.2) is 0 Å². The summed E-state index contributed by atoms with van der Waals surface area (Å²) >= 11 is 12.5. The highest BCUT2D eigenvalue weighted by Crippen LogP contribution is 2.28. The minimum absolute atomic E-state index is 0.0581. The molecule has 8 heteroatoms. The number of hydrogen-bond acceptors (Lipinski definition) is 4. The number of aromatic nitrogens is 2. The molecule has 0 aliphatic carbocycles. The van der Waals surface area contributed by atoms with E-state index in [0.717, 1.165) is 29.4 Å². The number of fused-ring (bicyclic) bond motifs is 1. The molecule has 6 nitrogen and oxygen atoms in total. The van der Waals surface area contributed by atoms with Gasteiger partial charge in [-0.1, -0.05) is 41.4 Å². The number of para-hydroxylation sites is 2. The molecule has 1 aromatic heterocycles. The SMILES string of the molecule is CC(C)(C)OC(=O)N1CCCC1COc1nc2ccccc2n1Cc1ccc(Cl)cc1Cl. The van der Waals surface area contributed by atoms with Gasteiger partial charge >= 0.3 is 6.09 Å². The molecule has 1 aliphatic rings. The van der Waals surface area contributed by atoms with Crippen molar-refractivity contribution < 1.29 is 14.3 Å². The van der Waals surface area contributed by atoms with Gasteiger partial charge in [-0.05, 0) is 63.4 Å². The van der Waals surface area contributed by atoms with Gasteiger partial charge in [-0.2, -0.15) is 4.98 Å². The van der Waals surface area contributed by atoms with E-state index in [2.05, 4.69) is 4.98 Å². The number of ether oxygens (including phenoxy) is 2.